The zero-order valence-electron chi connectivity index (χ0n) is 14.1. The number of thiazole rings is 1. The van der Waals surface area contributed by atoms with Gasteiger partial charge in [0.1, 0.15) is 5.82 Å². The van der Waals surface area contributed by atoms with Crippen molar-refractivity contribution in [2.75, 3.05) is 0 Å². The molecule has 0 saturated carbocycles. The van der Waals surface area contributed by atoms with Crippen LogP contribution in [-0.4, -0.2) is 20.3 Å². The molecule has 1 aromatic carbocycles. The number of nitrogens with zero attached hydrogens (tertiary/aromatic N) is 4. The van der Waals surface area contributed by atoms with E-state index in [1.165, 1.54) is 23.5 Å². The first-order valence-corrected chi connectivity index (χ1v) is 8.66. The number of aryl methyl sites for hydroxylation is 2. The van der Waals surface area contributed by atoms with Crippen molar-refractivity contribution in [3.63, 3.8) is 0 Å². The van der Waals surface area contributed by atoms with Crippen LogP contribution in [0.5, 0.6) is 0 Å². The van der Waals surface area contributed by atoms with Crippen molar-refractivity contribution >= 4 is 27.5 Å². The first-order valence-electron chi connectivity index (χ1n) is 7.84. The number of carbonyl (C=O) groups is 1. The van der Waals surface area contributed by atoms with Crippen LogP contribution in [0.2, 0.25) is 0 Å². The molecular formula is C17H19FN4OS. The van der Waals surface area contributed by atoms with E-state index in [1.54, 1.807) is 16.8 Å². The molecule has 0 aliphatic heterocycles. The van der Waals surface area contributed by atoms with Crippen molar-refractivity contribution in [3.8, 4) is 0 Å². The number of carbonyl (C=O) groups excluding carboxylic acids is 1. The third-order valence-electron chi connectivity index (χ3n) is 3.79. The standard InChI is InChI=1S/C17H19FN4OS/c1-5-21-14-7-6-12(18)9-15(14)24-17(21)19-16(23)13-8-11(4)22(20-13)10(2)3/h6-10H,5H2,1-4H3. The number of fused-ring (bicyclic) bond motifs is 1. The maximum absolute atomic E-state index is 13.4. The number of halogens is 1. The minimum atomic E-state index is -0.383. The lowest BCUT2D eigenvalue weighted by Crippen LogP contribution is -2.16. The molecule has 5 nitrogen and oxygen atoms in total. The van der Waals surface area contributed by atoms with Gasteiger partial charge in [0.05, 0.1) is 10.2 Å². The Kier molecular flexibility index (Phi) is 4.36. The van der Waals surface area contributed by atoms with Gasteiger partial charge < -0.3 is 4.57 Å². The number of amides is 1. The molecule has 0 unspecified atom stereocenters. The Morgan fingerprint density at radius 1 is 1.38 bits per heavy atom. The van der Waals surface area contributed by atoms with Gasteiger partial charge in [0, 0.05) is 18.3 Å². The van der Waals surface area contributed by atoms with E-state index >= 15 is 0 Å². The fraction of sp³-hybridized carbons (Fsp3) is 0.353. The van der Waals surface area contributed by atoms with Crippen LogP contribution < -0.4 is 4.80 Å². The van der Waals surface area contributed by atoms with Gasteiger partial charge >= 0.3 is 0 Å². The van der Waals surface area contributed by atoms with Gasteiger partial charge in [-0.1, -0.05) is 11.3 Å². The van der Waals surface area contributed by atoms with Crippen molar-refractivity contribution < 1.29 is 9.18 Å². The summed E-state index contributed by atoms with van der Waals surface area (Å²) in [6.07, 6.45) is 0. The van der Waals surface area contributed by atoms with Crippen molar-refractivity contribution in [2.45, 2.75) is 40.3 Å². The Hall–Kier alpha value is -2.28. The summed E-state index contributed by atoms with van der Waals surface area (Å²) in [5.74, 6) is -0.678. The van der Waals surface area contributed by atoms with E-state index in [0.29, 0.717) is 17.0 Å². The SMILES string of the molecule is CCn1c(=NC(=O)c2cc(C)n(C(C)C)n2)sc2cc(F)ccc21. The van der Waals surface area contributed by atoms with E-state index in [4.69, 9.17) is 0 Å². The molecule has 7 heteroatoms. The minimum Gasteiger partial charge on any atom is -0.317 e. The monoisotopic (exact) mass is 346 g/mol. The quantitative estimate of drug-likeness (QED) is 0.726. The van der Waals surface area contributed by atoms with Crippen molar-refractivity contribution in [1.82, 2.24) is 14.3 Å². The lowest BCUT2D eigenvalue weighted by molar-refractivity contribution is 0.0992. The van der Waals surface area contributed by atoms with Crippen molar-refractivity contribution in [3.05, 3.63) is 46.3 Å². The second-order valence-corrected chi connectivity index (χ2v) is 6.88. The van der Waals surface area contributed by atoms with Gasteiger partial charge in [0.15, 0.2) is 10.5 Å². The first-order chi connectivity index (χ1) is 11.4. The smallest absolute Gasteiger partial charge is 0.300 e. The van der Waals surface area contributed by atoms with E-state index < -0.39 is 0 Å². The molecule has 0 spiro atoms. The highest BCUT2D eigenvalue weighted by molar-refractivity contribution is 7.16. The average Bonchev–Trinajstić information content (AvgIpc) is 3.06. The lowest BCUT2D eigenvalue weighted by Gasteiger charge is -2.06. The number of aromatic nitrogens is 3. The molecule has 0 saturated heterocycles. The fourth-order valence-corrected chi connectivity index (χ4v) is 3.81. The summed E-state index contributed by atoms with van der Waals surface area (Å²) in [5.41, 5.74) is 2.12. The molecule has 0 aliphatic rings. The van der Waals surface area contributed by atoms with Crippen molar-refractivity contribution in [2.24, 2.45) is 4.99 Å². The van der Waals surface area contributed by atoms with E-state index in [1.807, 2.05) is 32.3 Å². The molecule has 0 fully saturated rings. The molecule has 2 heterocycles. The van der Waals surface area contributed by atoms with E-state index in [0.717, 1.165) is 15.9 Å². The maximum atomic E-state index is 13.4. The highest BCUT2D eigenvalue weighted by Crippen LogP contribution is 2.19. The normalized spacial score (nSPS) is 12.5. The second kappa shape index (κ2) is 6.32. The van der Waals surface area contributed by atoms with Crippen molar-refractivity contribution in [1.29, 1.82) is 0 Å². The van der Waals surface area contributed by atoms with E-state index in [-0.39, 0.29) is 17.8 Å². The molecule has 0 bridgehead atoms. The summed E-state index contributed by atoms with van der Waals surface area (Å²) in [6.45, 7) is 8.56. The number of rotatable bonds is 3. The maximum Gasteiger partial charge on any atom is 0.300 e. The summed E-state index contributed by atoms with van der Waals surface area (Å²) in [5, 5.41) is 4.34. The number of benzene rings is 1. The zero-order valence-corrected chi connectivity index (χ0v) is 14.9. The van der Waals surface area contributed by atoms with Crippen LogP contribution in [0.1, 0.15) is 43.0 Å². The number of hydrogen-bond donors (Lipinski definition) is 0. The van der Waals surface area contributed by atoms with Gasteiger partial charge in [0.2, 0.25) is 0 Å². The second-order valence-electron chi connectivity index (χ2n) is 5.87. The molecule has 24 heavy (non-hydrogen) atoms. The lowest BCUT2D eigenvalue weighted by atomic mass is 10.3. The van der Waals surface area contributed by atoms with Crippen LogP contribution in [0.15, 0.2) is 29.3 Å². The molecule has 0 atom stereocenters. The van der Waals surface area contributed by atoms with E-state index in [9.17, 15) is 9.18 Å². The first kappa shape index (κ1) is 16.6. The van der Waals surface area contributed by atoms with Gasteiger partial charge in [-0.05, 0) is 52.0 Å². The van der Waals surface area contributed by atoms with Gasteiger partial charge in [-0.2, -0.15) is 10.1 Å². The summed E-state index contributed by atoms with van der Waals surface area (Å²) in [6, 6.07) is 6.52. The molecule has 126 valence electrons. The predicted octanol–water partition coefficient (Wildman–Crippen LogP) is 3.69. The Balaban J connectivity index is 2.09. The summed E-state index contributed by atoms with van der Waals surface area (Å²) in [7, 11) is 0. The Bertz CT molecular complexity index is 980. The number of hydrogen-bond acceptors (Lipinski definition) is 3. The fourth-order valence-electron chi connectivity index (χ4n) is 2.70. The van der Waals surface area contributed by atoms with Gasteiger partial charge in [0.25, 0.3) is 5.91 Å². The Morgan fingerprint density at radius 3 is 2.75 bits per heavy atom. The van der Waals surface area contributed by atoms with Crippen LogP contribution in [0, 0.1) is 12.7 Å². The van der Waals surface area contributed by atoms with Crippen LogP contribution in [0.4, 0.5) is 4.39 Å². The average molecular weight is 346 g/mol. The minimum absolute atomic E-state index is 0.180. The molecule has 3 aromatic rings. The van der Waals surface area contributed by atoms with Gasteiger partial charge in [-0.15, -0.1) is 0 Å². The molecule has 0 N–H and O–H groups in total. The molecular weight excluding hydrogens is 327 g/mol. The Labute approximate surface area is 143 Å². The third-order valence-corrected chi connectivity index (χ3v) is 4.83. The Morgan fingerprint density at radius 2 is 2.12 bits per heavy atom. The highest BCUT2D eigenvalue weighted by atomic mass is 32.1. The molecule has 0 aliphatic carbocycles. The van der Waals surface area contributed by atoms with Crippen LogP contribution in [0.25, 0.3) is 10.2 Å². The predicted molar refractivity (Wildman–Crippen MR) is 92.7 cm³/mol. The third kappa shape index (κ3) is 2.91. The molecule has 0 radical (unpaired) electrons. The summed E-state index contributed by atoms with van der Waals surface area (Å²) < 4.78 is 17.9. The molecule has 3 rings (SSSR count). The summed E-state index contributed by atoms with van der Waals surface area (Å²) in [4.78, 5) is 17.3. The van der Waals surface area contributed by atoms with Gasteiger partial charge in [-0.25, -0.2) is 4.39 Å². The van der Waals surface area contributed by atoms with Gasteiger partial charge in [-0.3, -0.25) is 9.48 Å². The van der Waals surface area contributed by atoms with Crippen LogP contribution in [0.3, 0.4) is 0 Å². The van der Waals surface area contributed by atoms with Crippen LogP contribution in [-0.2, 0) is 6.54 Å². The zero-order chi connectivity index (χ0) is 17.4. The molecule has 1 amide bonds. The topological polar surface area (TPSA) is 52.2 Å². The van der Waals surface area contributed by atoms with Crippen LogP contribution >= 0.6 is 11.3 Å². The highest BCUT2D eigenvalue weighted by Gasteiger charge is 2.14. The largest absolute Gasteiger partial charge is 0.317 e. The summed E-state index contributed by atoms with van der Waals surface area (Å²) >= 11 is 1.30. The molecule has 2 aromatic heterocycles. The van der Waals surface area contributed by atoms with E-state index in [2.05, 4.69) is 10.1 Å².